The molecule has 17 heavy (non-hydrogen) atoms. The predicted octanol–water partition coefficient (Wildman–Crippen LogP) is 1.74. The normalized spacial score (nSPS) is 21.1. The zero-order valence-corrected chi connectivity index (χ0v) is 10.2. The standard InChI is InChI=1S/C13H19N3O/c1-11(9-16-8-7-14-10-16)15-13(17)12-5-3-2-4-6-12/h2-3,7-8,10-12H,4-6,9H2,1H3,(H,15,17)/t11-,12-/m1/s1. The van der Waals surface area contributed by atoms with Gasteiger partial charge in [0, 0.05) is 30.9 Å². The van der Waals surface area contributed by atoms with Crippen LogP contribution in [-0.2, 0) is 11.3 Å². The first kappa shape index (κ1) is 11.9. The highest BCUT2D eigenvalue weighted by molar-refractivity contribution is 5.79. The van der Waals surface area contributed by atoms with E-state index in [0.717, 1.165) is 25.8 Å². The molecule has 1 N–H and O–H groups in total. The van der Waals surface area contributed by atoms with Crippen LogP contribution in [0.25, 0.3) is 0 Å². The molecule has 0 unspecified atom stereocenters. The maximum Gasteiger partial charge on any atom is 0.223 e. The number of amides is 1. The molecule has 2 atom stereocenters. The van der Waals surface area contributed by atoms with Crippen LogP contribution in [0.1, 0.15) is 26.2 Å². The van der Waals surface area contributed by atoms with Crippen molar-refractivity contribution in [1.82, 2.24) is 14.9 Å². The largest absolute Gasteiger partial charge is 0.352 e. The van der Waals surface area contributed by atoms with E-state index in [1.165, 1.54) is 0 Å². The van der Waals surface area contributed by atoms with E-state index in [-0.39, 0.29) is 17.9 Å². The van der Waals surface area contributed by atoms with E-state index in [9.17, 15) is 4.79 Å². The fourth-order valence-corrected chi connectivity index (χ4v) is 2.15. The summed E-state index contributed by atoms with van der Waals surface area (Å²) in [6.07, 6.45) is 12.6. The number of rotatable bonds is 4. The molecule has 1 aromatic heterocycles. The Morgan fingerprint density at radius 3 is 3.12 bits per heavy atom. The molecule has 1 heterocycles. The smallest absolute Gasteiger partial charge is 0.223 e. The van der Waals surface area contributed by atoms with Gasteiger partial charge in [-0.1, -0.05) is 12.2 Å². The second-order valence-corrected chi connectivity index (χ2v) is 4.65. The molecule has 0 aromatic carbocycles. The quantitative estimate of drug-likeness (QED) is 0.805. The molecule has 4 nitrogen and oxygen atoms in total. The topological polar surface area (TPSA) is 46.9 Å². The molecule has 0 fully saturated rings. The van der Waals surface area contributed by atoms with E-state index in [4.69, 9.17) is 0 Å². The Labute approximate surface area is 102 Å². The molecule has 0 spiro atoms. The van der Waals surface area contributed by atoms with Gasteiger partial charge < -0.3 is 9.88 Å². The Bertz CT molecular complexity index is 383. The van der Waals surface area contributed by atoms with Gasteiger partial charge >= 0.3 is 0 Å². The highest BCUT2D eigenvalue weighted by Crippen LogP contribution is 2.18. The van der Waals surface area contributed by atoms with Crippen LogP contribution in [0.3, 0.4) is 0 Å². The molecule has 1 aliphatic carbocycles. The molecular weight excluding hydrogens is 214 g/mol. The van der Waals surface area contributed by atoms with Crippen molar-refractivity contribution in [2.45, 2.75) is 38.8 Å². The molecule has 4 heteroatoms. The second kappa shape index (κ2) is 5.66. The van der Waals surface area contributed by atoms with Crippen molar-refractivity contribution in [3.8, 4) is 0 Å². The van der Waals surface area contributed by atoms with Gasteiger partial charge in [-0.2, -0.15) is 0 Å². The summed E-state index contributed by atoms with van der Waals surface area (Å²) < 4.78 is 1.98. The van der Waals surface area contributed by atoms with Crippen LogP contribution in [0.4, 0.5) is 0 Å². The van der Waals surface area contributed by atoms with Gasteiger partial charge in [0.05, 0.1) is 6.33 Å². The molecule has 1 aliphatic rings. The predicted molar refractivity (Wildman–Crippen MR) is 66.3 cm³/mol. The minimum absolute atomic E-state index is 0.141. The van der Waals surface area contributed by atoms with Crippen molar-refractivity contribution in [2.24, 2.45) is 5.92 Å². The van der Waals surface area contributed by atoms with Crippen LogP contribution in [0.15, 0.2) is 30.9 Å². The molecule has 92 valence electrons. The number of nitrogens with zero attached hydrogens (tertiary/aromatic N) is 2. The third kappa shape index (κ3) is 3.44. The number of hydrogen-bond donors (Lipinski definition) is 1. The second-order valence-electron chi connectivity index (χ2n) is 4.65. The van der Waals surface area contributed by atoms with Gasteiger partial charge in [-0.05, 0) is 26.2 Å². The Morgan fingerprint density at radius 1 is 1.59 bits per heavy atom. The van der Waals surface area contributed by atoms with E-state index in [0.29, 0.717) is 0 Å². The summed E-state index contributed by atoms with van der Waals surface area (Å²) in [5, 5.41) is 3.07. The lowest BCUT2D eigenvalue weighted by Gasteiger charge is -2.21. The molecule has 0 saturated heterocycles. The van der Waals surface area contributed by atoms with Gasteiger partial charge in [0.2, 0.25) is 5.91 Å². The van der Waals surface area contributed by atoms with Crippen LogP contribution < -0.4 is 5.32 Å². The first-order valence-corrected chi connectivity index (χ1v) is 6.17. The molecule has 0 radical (unpaired) electrons. The molecule has 0 bridgehead atoms. The highest BCUT2D eigenvalue weighted by atomic mass is 16.1. The summed E-state index contributed by atoms with van der Waals surface area (Å²) >= 11 is 0. The number of imidazole rings is 1. The lowest BCUT2D eigenvalue weighted by Crippen LogP contribution is -2.39. The number of hydrogen-bond acceptors (Lipinski definition) is 2. The fraction of sp³-hybridized carbons (Fsp3) is 0.538. The summed E-state index contributed by atoms with van der Waals surface area (Å²) in [5.74, 6) is 0.340. The Hall–Kier alpha value is -1.58. The van der Waals surface area contributed by atoms with E-state index in [1.54, 1.807) is 12.5 Å². The van der Waals surface area contributed by atoms with Gasteiger partial charge in [0.1, 0.15) is 0 Å². The first-order valence-electron chi connectivity index (χ1n) is 6.17. The zero-order chi connectivity index (χ0) is 12.1. The highest BCUT2D eigenvalue weighted by Gasteiger charge is 2.19. The van der Waals surface area contributed by atoms with Gasteiger partial charge in [-0.25, -0.2) is 4.98 Å². The van der Waals surface area contributed by atoms with Crippen LogP contribution >= 0.6 is 0 Å². The number of aromatic nitrogens is 2. The number of carbonyl (C=O) groups is 1. The number of nitrogens with one attached hydrogen (secondary N) is 1. The minimum Gasteiger partial charge on any atom is -0.352 e. The molecular formula is C13H19N3O. The lowest BCUT2D eigenvalue weighted by molar-refractivity contribution is -0.125. The SMILES string of the molecule is C[C@H](Cn1ccnc1)NC(=O)[C@@H]1CC=CCC1. The first-order chi connectivity index (χ1) is 8.25. The summed E-state index contributed by atoms with van der Waals surface area (Å²) in [7, 11) is 0. The molecule has 2 rings (SSSR count). The third-order valence-electron chi connectivity index (χ3n) is 3.07. The third-order valence-corrected chi connectivity index (χ3v) is 3.07. The van der Waals surface area contributed by atoms with Gasteiger partial charge in [0.15, 0.2) is 0 Å². The minimum atomic E-state index is 0.141. The number of allylic oxidation sites excluding steroid dienone is 2. The van der Waals surface area contributed by atoms with Crippen molar-refractivity contribution in [3.05, 3.63) is 30.9 Å². The Morgan fingerprint density at radius 2 is 2.47 bits per heavy atom. The van der Waals surface area contributed by atoms with Crippen molar-refractivity contribution in [3.63, 3.8) is 0 Å². The Kier molecular flexibility index (Phi) is 3.96. The molecule has 0 aliphatic heterocycles. The van der Waals surface area contributed by atoms with Gasteiger partial charge in [-0.15, -0.1) is 0 Å². The van der Waals surface area contributed by atoms with E-state index in [2.05, 4.69) is 22.5 Å². The molecule has 1 amide bonds. The lowest BCUT2D eigenvalue weighted by atomic mass is 9.93. The van der Waals surface area contributed by atoms with Crippen LogP contribution in [0.5, 0.6) is 0 Å². The average Bonchev–Trinajstić information content (AvgIpc) is 2.82. The summed E-state index contributed by atoms with van der Waals surface area (Å²) in [6, 6.07) is 0.141. The summed E-state index contributed by atoms with van der Waals surface area (Å²) in [6.45, 7) is 2.80. The monoisotopic (exact) mass is 233 g/mol. The van der Waals surface area contributed by atoms with Crippen molar-refractivity contribution in [2.75, 3.05) is 0 Å². The maximum absolute atomic E-state index is 12.0. The summed E-state index contributed by atoms with van der Waals surface area (Å²) in [5.41, 5.74) is 0. The van der Waals surface area contributed by atoms with E-state index >= 15 is 0 Å². The van der Waals surface area contributed by atoms with E-state index in [1.807, 2.05) is 17.7 Å². The maximum atomic E-state index is 12.0. The van der Waals surface area contributed by atoms with Gasteiger partial charge in [-0.3, -0.25) is 4.79 Å². The fourth-order valence-electron chi connectivity index (χ4n) is 2.15. The van der Waals surface area contributed by atoms with Crippen LogP contribution in [-0.4, -0.2) is 21.5 Å². The van der Waals surface area contributed by atoms with Crippen molar-refractivity contribution < 1.29 is 4.79 Å². The average molecular weight is 233 g/mol. The molecule has 0 saturated carbocycles. The summed E-state index contributed by atoms with van der Waals surface area (Å²) in [4.78, 5) is 16.0. The van der Waals surface area contributed by atoms with Gasteiger partial charge in [0.25, 0.3) is 0 Å². The van der Waals surface area contributed by atoms with Crippen LogP contribution in [0.2, 0.25) is 0 Å². The zero-order valence-electron chi connectivity index (χ0n) is 10.2. The van der Waals surface area contributed by atoms with Crippen molar-refractivity contribution in [1.29, 1.82) is 0 Å². The molecule has 1 aromatic rings. The Balaban J connectivity index is 1.79. The van der Waals surface area contributed by atoms with Crippen LogP contribution in [0, 0.1) is 5.92 Å². The van der Waals surface area contributed by atoms with E-state index < -0.39 is 0 Å². The van der Waals surface area contributed by atoms with Crippen molar-refractivity contribution >= 4 is 5.91 Å². The number of carbonyl (C=O) groups excluding carboxylic acids is 1.